The van der Waals surface area contributed by atoms with Crippen LogP contribution in [-0.2, 0) is 10.8 Å². The first-order chi connectivity index (χ1) is 6.89. The molecular formula is C14H20O. The van der Waals surface area contributed by atoms with Crippen molar-refractivity contribution < 1.29 is 5.11 Å². The zero-order valence-electron chi connectivity index (χ0n) is 10.1. The predicted octanol–water partition coefficient (Wildman–Crippen LogP) is 3.74. The Hall–Kier alpha value is -0.980. The second-order valence-corrected chi connectivity index (χ2v) is 5.70. The lowest BCUT2D eigenvalue weighted by Gasteiger charge is -2.25. The summed E-state index contributed by atoms with van der Waals surface area (Å²) in [6, 6.07) is 5.85. The fourth-order valence-corrected chi connectivity index (χ4v) is 3.10. The molecule has 1 aliphatic carbocycles. The van der Waals surface area contributed by atoms with E-state index in [9.17, 15) is 5.11 Å². The normalized spacial score (nSPS) is 27.7. The van der Waals surface area contributed by atoms with E-state index < -0.39 is 0 Å². The molecule has 0 radical (unpaired) electrons. The molecule has 0 saturated carbocycles. The highest BCUT2D eigenvalue weighted by molar-refractivity contribution is 5.48. The lowest BCUT2D eigenvalue weighted by Crippen LogP contribution is -2.20. The smallest absolute Gasteiger partial charge is 0.115 e. The van der Waals surface area contributed by atoms with Crippen molar-refractivity contribution in [3.63, 3.8) is 0 Å². The minimum absolute atomic E-state index is 0.193. The number of aromatic hydroxyl groups is 1. The van der Waals surface area contributed by atoms with Crippen LogP contribution in [-0.4, -0.2) is 5.11 Å². The van der Waals surface area contributed by atoms with E-state index in [0.717, 1.165) is 6.42 Å². The van der Waals surface area contributed by atoms with E-state index in [4.69, 9.17) is 0 Å². The van der Waals surface area contributed by atoms with Gasteiger partial charge < -0.3 is 5.11 Å². The summed E-state index contributed by atoms with van der Waals surface area (Å²) in [7, 11) is 0. The number of hydrogen-bond acceptors (Lipinski definition) is 1. The van der Waals surface area contributed by atoms with Crippen molar-refractivity contribution in [2.75, 3.05) is 0 Å². The highest BCUT2D eigenvalue weighted by atomic mass is 16.3. The Balaban J connectivity index is 2.63. The largest absolute Gasteiger partial charge is 0.508 e. The van der Waals surface area contributed by atoms with Gasteiger partial charge in [-0.3, -0.25) is 0 Å². The summed E-state index contributed by atoms with van der Waals surface area (Å²) in [5.74, 6) is 0.391. The Labute approximate surface area is 92.1 Å². The van der Waals surface area contributed by atoms with Crippen LogP contribution in [0, 0.1) is 0 Å². The highest BCUT2D eigenvalue weighted by Crippen LogP contribution is 2.51. The number of benzene rings is 1. The van der Waals surface area contributed by atoms with Crippen LogP contribution in [0.1, 0.15) is 51.7 Å². The quantitative estimate of drug-likeness (QED) is 0.738. The van der Waals surface area contributed by atoms with Gasteiger partial charge in [0.1, 0.15) is 5.75 Å². The van der Waals surface area contributed by atoms with E-state index in [-0.39, 0.29) is 10.8 Å². The molecule has 0 aromatic heterocycles. The summed E-state index contributed by atoms with van der Waals surface area (Å²) >= 11 is 0. The molecule has 1 aromatic carbocycles. The minimum Gasteiger partial charge on any atom is -0.508 e. The molecule has 1 heteroatoms. The molecule has 0 spiro atoms. The summed E-state index contributed by atoms with van der Waals surface area (Å²) < 4.78 is 0. The Morgan fingerprint density at radius 3 is 2.47 bits per heavy atom. The van der Waals surface area contributed by atoms with Crippen molar-refractivity contribution in [1.29, 1.82) is 0 Å². The van der Waals surface area contributed by atoms with Crippen LogP contribution in [0.5, 0.6) is 5.75 Å². The van der Waals surface area contributed by atoms with Crippen LogP contribution in [0.15, 0.2) is 18.2 Å². The third-order valence-electron chi connectivity index (χ3n) is 3.99. The van der Waals surface area contributed by atoms with Crippen molar-refractivity contribution in [1.82, 2.24) is 0 Å². The standard InChI is InChI=1S/C14H20O/c1-5-14(4)9-13(2,3)12-8-10(15)6-7-11(12)14/h6-8,15H,5,9H2,1-4H3. The summed E-state index contributed by atoms with van der Waals surface area (Å²) in [4.78, 5) is 0. The van der Waals surface area contributed by atoms with Gasteiger partial charge in [0.15, 0.2) is 0 Å². The second kappa shape index (κ2) is 3.01. The zero-order valence-corrected chi connectivity index (χ0v) is 10.1. The Bertz CT molecular complexity index is 392. The van der Waals surface area contributed by atoms with Crippen LogP contribution in [0.25, 0.3) is 0 Å². The second-order valence-electron chi connectivity index (χ2n) is 5.70. The van der Waals surface area contributed by atoms with Crippen molar-refractivity contribution in [2.45, 2.75) is 51.4 Å². The maximum atomic E-state index is 9.57. The molecule has 0 fully saturated rings. The molecule has 0 heterocycles. The fourth-order valence-electron chi connectivity index (χ4n) is 3.10. The Morgan fingerprint density at radius 2 is 1.87 bits per heavy atom. The van der Waals surface area contributed by atoms with Gasteiger partial charge in [0.05, 0.1) is 0 Å². The average Bonchev–Trinajstić information content (AvgIpc) is 2.35. The van der Waals surface area contributed by atoms with E-state index in [0.29, 0.717) is 5.75 Å². The third kappa shape index (κ3) is 1.45. The topological polar surface area (TPSA) is 20.2 Å². The monoisotopic (exact) mass is 204 g/mol. The van der Waals surface area contributed by atoms with Crippen molar-refractivity contribution in [2.24, 2.45) is 0 Å². The molecule has 1 atom stereocenters. The third-order valence-corrected chi connectivity index (χ3v) is 3.99. The van der Waals surface area contributed by atoms with Crippen molar-refractivity contribution in [3.05, 3.63) is 29.3 Å². The van der Waals surface area contributed by atoms with Gasteiger partial charge in [-0.25, -0.2) is 0 Å². The van der Waals surface area contributed by atoms with Crippen LogP contribution in [0.4, 0.5) is 0 Å². The van der Waals surface area contributed by atoms with Crippen LogP contribution < -0.4 is 0 Å². The van der Waals surface area contributed by atoms with Crippen LogP contribution in [0.2, 0.25) is 0 Å². The molecule has 1 unspecified atom stereocenters. The van der Waals surface area contributed by atoms with Gasteiger partial charge in [-0.15, -0.1) is 0 Å². The maximum absolute atomic E-state index is 9.57. The molecule has 1 N–H and O–H groups in total. The van der Waals surface area contributed by atoms with Crippen molar-refractivity contribution >= 4 is 0 Å². The highest BCUT2D eigenvalue weighted by Gasteiger charge is 2.43. The Kier molecular flexibility index (Phi) is 2.11. The lowest BCUT2D eigenvalue weighted by atomic mass is 9.78. The van der Waals surface area contributed by atoms with E-state index in [1.54, 1.807) is 0 Å². The van der Waals surface area contributed by atoms with Crippen LogP contribution >= 0.6 is 0 Å². The zero-order chi connectivity index (χ0) is 11.3. The predicted molar refractivity (Wildman–Crippen MR) is 63.4 cm³/mol. The van der Waals surface area contributed by atoms with Gasteiger partial charge in [0, 0.05) is 0 Å². The molecule has 0 saturated heterocycles. The van der Waals surface area contributed by atoms with Crippen molar-refractivity contribution in [3.8, 4) is 5.75 Å². The maximum Gasteiger partial charge on any atom is 0.115 e. The van der Waals surface area contributed by atoms with E-state index in [1.165, 1.54) is 17.5 Å². The van der Waals surface area contributed by atoms with E-state index >= 15 is 0 Å². The number of hydrogen-bond donors (Lipinski definition) is 1. The summed E-state index contributed by atoms with van der Waals surface area (Å²) in [6.45, 7) is 9.12. The fraction of sp³-hybridized carbons (Fsp3) is 0.571. The van der Waals surface area contributed by atoms with Gasteiger partial charge in [-0.05, 0) is 46.9 Å². The lowest BCUT2D eigenvalue weighted by molar-refractivity contribution is 0.366. The van der Waals surface area contributed by atoms with Gasteiger partial charge >= 0.3 is 0 Å². The average molecular weight is 204 g/mol. The first kappa shape index (κ1) is 10.5. The number of phenols is 1. The molecule has 82 valence electrons. The molecule has 15 heavy (non-hydrogen) atoms. The minimum atomic E-state index is 0.193. The van der Waals surface area contributed by atoms with Gasteiger partial charge in [0.2, 0.25) is 0 Å². The summed E-state index contributed by atoms with van der Waals surface area (Å²) in [6.07, 6.45) is 2.34. The number of fused-ring (bicyclic) bond motifs is 1. The molecule has 0 aliphatic heterocycles. The molecule has 1 aliphatic rings. The molecule has 0 bridgehead atoms. The molecule has 0 amide bonds. The molecule has 1 aromatic rings. The number of rotatable bonds is 1. The summed E-state index contributed by atoms with van der Waals surface area (Å²) in [5.41, 5.74) is 3.23. The van der Waals surface area contributed by atoms with Gasteiger partial charge in [-0.2, -0.15) is 0 Å². The van der Waals surface area contributed by atoms with E-state index in [2.05, 4.69) is 33.8 Å². The van der Waals surface area contributed by atoms with Gasteiger partial charge in [0.25, 0.3) is 0 Å². The first-order valence-electron chi connectivity index (χ1n) is 5.73. The molecular weight excluding hydrogens is 184 g/mol. The van der Waals surface area contributed by atoms with Gasteiger partial charge in [-0.1, -0.05) is 33.8 Å². The number of phenolic OH excluding ortho intramolecular Hbond substituents is 1. The SMILES string of the molecule is CCC1(C)CC(C)(C)c2cc(O)ccc21. The molecule has 2 rings (SSSR count). The Morgan fingerprint density at radius 1 is 1.20 bits per heavy atom. The first-order valence-corrected chi connectivity index (χ1v) is 5.73. The van der Waals surface area contributed by atoms with E-state index in [1.807, 2.05) is 12.1 Å². The van der Waals surface area contributed by atoms with Crippen LogP contribution in [0.3, 0.4) is 0 Å². The molecule has 1 nitrogen and oxygen atoms in total. The summed E-state index contributed by atoms with van der Waals surface area (Å²) in [5, 5.41) is 9.57.